The Labute approximate surface area is 115 Å². The summed E-state index contributed by atoms with van der Waals surface area (Å²) in [7, 11) is 0. The number of amidine groups is 1. The van der Waals surface area contributed by atoms with Crippen molar-refractivity contribution in [2.75, 3.05) is 5.32 Å². The van der Waals surface area contributed by atoms with Crippen LogP contribution in [0.5, 0.6) is 0 Å². The number of carbonyl (C=O) groups excluding carboxylic acids is 1. The first-order valence-electron chi connectivity index (χ1n) is 6.30. The zero-order valence-electron chi connectivity index (χ0n) is 10.7. The summed E-state index contributed by atoms with van der Waals surface area (Å²) in [6.45, 7) is 0. The minimum absolute atomic E-state index is 0.0387. The average molecular weight is 270 g/mol. The van der Waals surface area contributed by atoms with Crippen LogP contribution < -0.4 is 11.1 Å². The molecule has 0 aliphatic heterocycles. The Morgan fingerprint density at radius 3 is 2.80 bits per heavy atom. The Balaban J connectivity index is 1.93. The fourth-order valence-corrected chi connectivity index (χ4v) is 2.27. The van der Waals surface area contributed by atoms with Gasteiger partial charge < -0.3 is 16.3 Å². The maximum atomic E-state index is 12.3. The van der Waals surface area contributed by atoms with E-state index in [1.165, 1.54) is 0 Å². The van der Waals surface area contributed by atoms with Crippen molar-refractivity contribution in [1.82, 2.24) is 4.98 Å². The summed E-state index contributed by atoms with van der Waals surface area (Å²) in [6, 6.07) is 9.33. The molecular formula is C14H14N4O2. The van der Waals surface area contributed by atoms with Gasteiger partial charge in [0.15, 0.2) is 5.84 Å². The van der Waals surface area contributed by atoms with E-state index in [2.05, 4.69) is 15.5 Å². The van der Waals surface area contributed by atoms with Gasteiger partial charge in [0.05, 0.1) is 11.2 Å². The van der Waals surface area contributed by atoms with Gasteiger partial charge in [0.25, 0.3) is 0 Å². The van der Waals surface area contributed by atoms with Gasteiger partial charge in [0, 0.05) is 11.6 Å². The molecule has 102 valence electrons. The van der Waals surface area contributed by atoms with Crippen LogP contribution in [0.15, 0.2) is 41.7 Å². The fourth-order valence-electron chi connectivity index (χ4n) is 2.27. The van der Waals surface area contributed by atoms with Crippen molar-refractivity contribution < 1.29 is 10.0 Å². The van der Waals surface area contributed by atoms with Crippen LogP contribution in [0.4, 0.5) is 5.69 Å². The van der Waals surface area contributed by atoms with Crippen LogP contribution in [-0.4, -0.2) is 21.9 Å². The molecule has 6 nitrogen and oxygen atoms in total. The van der Waals surface area contributed by atoms with Crippen molar-refractivity contribution in [3.8, 4) is 0 Å². The number of fused-ring (bicyclic) bond motifs is 1. The van der Waals surface area contributed by atoms with Gasteiger partial charge in [-0.05, 0) is 25.0 Å². The lowest BCUT2D eigenvalue weighted by molar-refractivity contribution is -0.119. The zero-order chi connectivity index (χ0) is 14.2. The van der Waals surface area contributed by atoms with Crippen LogP contribution in [-0.2, 0) is 4.79 Å². The summed E-state index contributed by atoms with van der Waals surface area (Å²) in [4.78, 5) is 16.6. The molecule has 1 fully saturated rings. The molecule has 20 heavy (non-hydrogen) atoms. The Morgan fingerprint density at radius 2 is 2.10 bits per heavy atom. The quantitative estimate of drug-likeness (QED) is 0.342. The van der Waals surface area contributed by atoms with Crippen molar-refractivity contribution in [1.29, 1.82) is 0 Å². The Bertz CT molecular complexity index is 702. The summed E-state index contributed by atoms with van der Waals surface area (Å²) in [5, 5.41) is 15.5. The van der Waals surface area contributed by atoms with E-state index in [1.807, 2.05) is 24.3 Å². The zero-order valence-corrected chi connectivity index (χ0v) is 10.7. The molecule has 1 amide bonds. The van der Waals surface area contributed by atoms with Crippen LogP contribution in [0.25, 0.3) is 10.9 Å². The van der Waals surface area contributed by atoms with E-state index in [0.717, 1.165) is 10.9 Å². The molecule has 2 aromatic rings. The van der Waals surface area contributed by atoms with Crippen LogP contribution in [0.1, 0.15) is 12.8 Å². The summed E-state index contributed by atoms with van der Waals surface area (Å²) >= 11 is 0. The molecule has 0 spiro atoms. The predicted octanol–water partition coefficient (Wildman–Crippen LogP) is 1.70. The molecule has 0 unspecified atom stereocenters. The first kappa shape index (κ1) is 12.4. The summed E-state index contributed by atoms with van der Waals surface area (Å²) in [6.07, 6.45) is 2.86. The molecule has 1 aliphatic carbocycles. The lowest BCUT2D eigenvalue weighted by Crippen LogP contribution is -2.36. The van der Waals surface area contributed by atoms with E-state index in [0.29, 0.717) is 18.5 Å². The van der Waals surface area contributed by atoms with Crippen LogP contribution in [0.3, 0.4) is 0 Å². The lowest BCUT2D eigenvalue weighted by Gasteiger charge is -2.14. The molecule has 1 aromatic heterocycles. The molecule has 6 heteroatoms. The van der Waals surface area contributed by atoms with E-state index in [4.69, 9.17) is 10.9 Å². The van der Waals surface area contributed by atoms with Gasteiger partial charge in [-0.15, -0.1) is 0 Å². The summed E-state index contributed by atoms with van der Waals surface area (Å²) < 4.78 is 0. The van der Waals surface area contributed by atoms with Crippen molar-refractivity contribution >= 4 is 28.3 Å². The number of amides is 1. The number of aromatic nitrogens is 1. The monoisotopic (exact) mass is 270 g/mol. The van der Waals surface area contributed by atoms with Crippen molar-refractivity contribution in [3.63, 3.8) is 0 Å². The molecule has 0 bridgehead atoms. The number of hydrogen-bond acceptors (Lipinski definition) is 4. The number of oxime groups is 1. The third kappa shape index (κ3) is 1.85. The highest BCUT2D eigenvalue weighted by atomic mass is 16.4. The van der Waals surface area contributed by atoms with E-state index >= 15 is 0 Å². The third-order valence-corrected chi connectivity index (χ3v) is 3.66. The van der Waals surface area contributed by atoms with Gasteiger partial charge in [-0.2, -0.15) is 0 Å². The minimum atomic E-state index is -0.869. The van der Waals surface area contributed by atoms with E-state index < -0.39 is 5.41 Å². The maximum Gasteiger partial charge on any atom is 0.238 e. The SMILES string of the molecule is N/C(=N/O)C1(C(=O)Nc2cccc3cccnc23)CC1. The standard InChI is InChI=1S/C14H14N4O2/c15-12(18-20)14(6-7-14)13(19)17-10-5-1-3-9-4-2-8-16-11(9)10/h1-5,8,20H,6-7H2,(H2,15,18)(H,17,19). The first-order chi connectivity index (χ1) is 9.67. The number of rotatable bonds is 3. The minimum Gasteiger partial charge on any atom is -0.409 e. The van der Waals surface area contributed by atoms with Crippen LogP contribution >= 0.6 is 0 Å². The Morgan fingerprint density at radius 1 is 1.35 bits per heavy atom. The molecule has 1 saturated carbocycles. The highest BCUT2D eigenvalue weighted by Crippen LogP contribution is 2.46. The number of nitrogens with one attached hydrogen (secondary N) is 1. The third-order valence-electron chi connectivity index (χ3n) is 3.66. The molecular weight excluding hydrogens is 256 g/mol. The first-order valence-corrected chi connectivity index (χ1v) is 6.30. The van der Waals surface area contributed by atoms with Gasteiger partial charge in [0.1, 0.15) is 5.41 Å². The molecule has 1 aromatic carbocycles. The highest BCUT2D eigenvalue weighted by Gasteiger charge is 2.54. The molecule has 1 heterocycles. The molecule has 3 rings (SSSR count). The Kier molecular flexibility index (Phi) is 2.78. The smallest absolute Gasteiger partial charge is 0.238 e. The number of anilines is 1. The largest absolute Gasteiger partial charge is 0.409 e. The molecule has 1 aliphatic rings. The second-order valence-electron chi connectivity index (χ2n) is 4.90. The lowest BCUT2D eigenvalue weighted by atomic mass is 10.0. The number of carbonyl (C=O) groups is 1. The number of pyridine rings is 1. The number of nitrogens with two attached hydrogens (primary N) is 1. The summed E-state index contributed by atoms with van der Waals surface area (Å²) in [5.41, 5.74) is 6.09. The maximum absolute atomic E-state index is 12.3. The molecule has 4 N–H and O–H groups in total. The topological polar surface area (TPSA) is 101 Å². The summed E-state index contributed by atoms with van der Waals surface area (Å²) in [5.74, 6) is -0.297. The predicted molar refractivity (Wildman–Crippen MR) is 75.4 cm³/mol. The molecule has 0 radical (unpaired) electrons. The van der Waals surface area contributed by atoms with Gasteiger partial charge in [0.2, 0.25) is 5.91 Å². The van der Waals surface area contributed by atoms with Gasteiger partial charge in [-0.25, -0.2) is 0 Å². The normalized spacial score (nSPS) is 16.9. The van der Waals surface area contributed by atoms with Crippen LogP contribution in [0.2, 0.25) is 0 Å². The number of nitrogens with zero attached hydrogens (tertiary/aromatic N) is 2. The molecule has 0 atom stereocenters. The van der Waals surface area contributed by atoms with Crippen LogP contribution in [0, 0.1) is 5.41 Å². The van der Waals surface area contributed by atoms with Gasteiger partial charge >= 0.3 is 0 Å². The average Bonchev–Trinajstić information content (AvgIpc) is 3.28. The van der Waals surface area contributed by atoms with Gasteiger partial charge in [-0.3, -0.25) is 9.78 Å². The highest BCUT2D eigenvalue weighted by molar-refractivity contribution is 6.15. The van der Waals surface area contributed by atoms with E-state index in [-0.39, 0.29) is 11.7 Å². The van der Waals surface area contributed by atoms with Gasteiger partial charge in [-0.1, -0.05) is 23.4 Å². The molecule has 0 saturated heterocycles. The van der Waals surface area contributed by atoms with E-state index in [1.54, 1.807) is 12.3 Å². The van der Waals surface area contributed by atoms with Crippen molar-refractivity contribution in [2.24, 2.45) is 16.3 Å². The number of benzene rings is 1. The second-order valence-corrected chi connectivity index (χ2v) is 4.90. The Hall–Kier alpha value is -2.63. The van der Waals surface area contributed by atoms with Crippen molar-refractivity contribution in [3.05, 3.63) is 36.5 Å². The number of hydrogen-bond donors (Lipinski definition) is 3. The van der Waals surface area contributed by atoms with E-state index in [9.17, 15) is 4.79 Å². The van der Waals surface area contributed by atoms with Crippen molar-refractivity contribution in [2.45, 2.75) is 12.8 Å². The number of para-hydroxylation sites is 1. The fraction of sp³-hybridized carbons (Fsp3) is 0.214. The second kappa shape index (κ2) is 4.48.